The minimum atomic E-state index is -0.307. The first-order valence-electron chi connectivity index (χ1n) is 6.45. The van der Waals surface area contributed by atoms with Gasteiger partial charge < -0.3 is 14.2 Å². The van der Waals surface area contributed by atoms with Gasteiger partial charge in [0.25, 0.3) is 0 Å². The Balaban J connectivity index is 2.28. The molecule has 0 saturated heterocycles. The van der Waals surface area contributed by atoms with Crippen LogP contribution in [0.5, 0.6) is 5.88 Å². The largest absolute Gasteiger partial charge is 0.478 e. The molecule has 2 rings (SSSR count). The molecule has 0 amide bonds. The van der Waals surface area contributed by atoms with Gasteiger partial charge in [-0.15, -0.1) is 0 Å². The molecule has 2 aromatic rings. The molecule has 0 bridgehead atoms. The summed E-state index contributed by atoms with van der Waals surface area (Å²) in [6.07, 6.45) is 1.17. The van der Waals surface area contributed by atoms with Crippen molar-refractivity contribution in [3.05, 3.63) is 54.0 Å². The second-order valence-corrected chi connectivity index (χ2v) is 4.08. The van der Waals surface area contributed by atoms with Crippen molar-refractivity contribution in [2.45, 2.75) is 13.0 Å². The van der Waals surface area contributed by atoms with E-state index in [1.54, 1.807) is 13.2 Å². The van der Waals surface area contributed by atoms with Crippen molar-refractivity contribution in [1.82, 2.24) is 9.97 Å². The van der Waals surface area contributed by atoms with Crippen molar-refractivity contribution in [1.29, 1.82) is 0 Å². The predicted molar refractivity (Wildman–Crippen MR) is 74.4 cm³/mol. The zero-order valence-corrected chi connectivity index (χ0v) is 11.7. The Bertz CT molecular complexity index is 520. The quantitative estimate of drug-likeness (QED) is 0.726. The number of rotatable bonds is 7. The molecule has 1 atom stereocenters. The van der Waals surface area contributed by atoms with Crippen LogP contribution >= 0.6 is 0 Å². The second kappa shape index (κ2) is 7.57. The van der Waals surface area contributed by atoms with Crippen LogP contribution in [0, 0.1) is 0 Å². The van der Waals surface area contributed by atoms with Crippen LogP contribution in [0.15, 0.2) is 42.7 Å². The Morgan fingerprint density at radius 3 is 2.65 bits per heavy atom. The van der Waals surface area contributed by atoms with E-state index >= 15 is 0 Å². The van der Waals surface area contributed by atoms with E-state index in [2.05, 4.69) is 9.97 Å². The molecule has 0 N–H and O–H groups in total. The fourth-order valence-corrected chi connectivity index (χ4v) is 1.84. The van der Waals surface area contributed by atoms with Crippen LogP contribution in [0.3, 0.4) is 0 Å². The molecule has 5 heteroatoms. The van der Waals surface area contributed by atoms with Crippen LogP contribution in [-0.4, -0.2) is 30.5 Å². The first kappa shape index (κ1) is 14.4. The monoisotopic (exact) mass is 274 g/mol. The van der Waals surface area contributed by atoms with Crippen LogP contribution in [0.25, 0.3) is 0 Å². The lowest BCUT2D eigenvalue weighted by Crippen LogP contribution is -2.11. The highest BCUT2D eigenvalue weighted by atomic mass is 16.7. The average Bonchev–Trinajstić information content (AvgIpc) is 2.50. The molecule has 106 valence electrons. The summed E-state index contributed by atoms with van der Waals surface area (Å²) in [6, 6.07) is 11.6. The minimum absolute atomic E-state index is 0.188. The fourth-order valence-electron chi connectivity index (χ4n) is 1.84. The molecule has 0 aliphatic carbocycles. The molecule has 0 spiro atoms. The molecule has 1 heterocycles. The SMILES string of the molecule is CCOc1cc(C(OCOC)c2ccccc2)ncn1. The average molecular weight is 274 g/mol. The number of nitrogens with zero attached hydrogens (tertiary/aromatic N) is 2. The Labute approximate surface area is 118 Å². The molecule has 0 saturated carbocycles. The Kier molecular flexibility index (Phi) is 5.46. The van der Waals surface area contributed by atoms with Gasteiger partial charge in [0.2, 0.25) is 5.88 Å². The zero-order chi connectivity index (χ0) is 14.2. The minimum Gasteiger partial charge on any atom is -0.478 e. The van der Waals surface area contributed by atoms with Crippen molar-refractivity contribution in [2.75, 3.05) is 20.5 Å². The Morgan fingerprint density at radius 2 is 1.95 bits per heavy atom. The summed E-state index contributed by atoms with van der Waals surface area (Å²) in [7, 11) is 1.59. The summed E-state index contributed by atoms with van der Waals surface area (Å²) in [5, 5.41) is 0. The Hall–Kier alpha value is -1.98. The van der Waals surface area contributed by atoms with Crippen molar-refractivity contribution < 1.29 is 14.2 Å². The van der Waals surface area contributed by atoms with Gasteiger partial charge in [-0.1, -0.05) is 30.3 Å². The molecule has 1 aromatic carbocycles. The summed E-state index contributed by atoms with van der Waals surface area (Å²) in [4.78, 5) is 8.34. The highest BCUT2D eigenvalue weighted by Gasteiger charge is 2.17. The number of hydrogen-bond donors (Lipinski definition) is 0. The van der Waals surface area contributed by atoms with Gasteiger partial charge in [-0.3, -0.25) is 0 Å². The van der Waals surface area contributed by atoms with Gasteiger partial charge in [0.15, 0.2) is 0 Å². The van der Waals surface area contributed by atoms with Gasteiger partial charge in [-0.05, 0) is 12.5 Å². The molecule has 1 aromatic heterocycles. The third-order valence-corrected chi connectivity index (χ3v) is 2.68. The second-order valence-electron chi connectivity index (χ2n) is 4.08. The smallest absolute Gasteiger partial charge is 0.216 e. The lowest BCUT2D eigenvalue weighted by molar-refractivity contribution is -0.0605. The van der Waals surface area contributed by atoms with E-state index in [-0.39, 0.29) is 12.9 Å². The van der Waals surface area contributed by atoms with E-state index in [1.165, 1.54) is 6.33 Å². The summed E-state index contributed by atoms with van der Waals surface area (Å²) in [5.74, 6) is 0.541. The van der Waals surface area contributed by atoms with E-state index in [1.807, 2.05) is 37.3 Å². The van der Waals surface area contributed by atoms with Gasteiger partial charge >= 0.3 is 0 Å². The number of methoxy groups -OCH3 is 1. The van der Waals surface area contributed by atoms with Crippen molar-refractivity contribution in [3.63, 3.8) is 0 Å². The number of benzene rings is 1. The van der Waals surface area contributed by atoms with Crippen LogP contribution in [0.4, 0.5) is 0 Å². The maximum Gasteiger partial charge on any atom is 0.216 e. The lowest BCUT2D eigenvalue weighted by atomic mass is 10.1. The van der Waals surface area contributed by atoms with Crippen molar-refractivity contribution in [3.8, 4) is 5.88 Å². The summed E-state index contributed by atoms with van der Waals surface area (Å²) in [6.45, 7) is 2.66. The topological polar surface area (TPSA) is 53.5 Å². The van der Waals surface area contributed by atoms with Crippen LogP contribution in [0.2, 0.25) is 0 Å². The number of ether oxygens (including phenoxy) is 3. The molecule has 0 radical (unpaired) electrons. The Morgan fingerprint density at radius 1 is 1.15 bits per heavy atom. The van der Waals surface area contributed by atoms with E-state index < -0.39 is 0 Å². The highest BCUT2D eigenvalue weighted by molar-refractivity contribution is 5.27. The molecule has 0 aliphatic heterocycles. The van der Waals surface area contributed by atoms with Crippen LogP contribution in [0.1, 0.15) is 24.3 Å². The lowest BCUT2D eigenvalue weighted by Gasteiger charge is -2.17. The first-order chi connectivity index (χ1) is 9.85. The molecule has 0 aliphatic rings. The molecule has 5 nitrogen and oxygen atoms in total. The fraction of sp³-hybridized carbons (Fsp3) is 0.333. The van der Waals surface area contributed by atoms with E-state index in [9.17, 15) is 0 Å². The highest BCUT2D eigenvalue weighted by Crippen LogP contribution is 2.25. The van der Waals surface area contributed by atoms with E-state index in [4.69, 9.17) is 14.2 Å². The standard InChI is InChI=1S/C15H18N2O3/c1-3-19-14-9-13(16-10-17-14)15(20-11-18-2)12-7-5-4-6-8-12/h4-10,15H,3,11H2,1-2H3. The molecule has 20 heavy (non-hydrogen) atoms. The van der Waals surface area contributed by atoms with E-state index in [0.717, 1.165) is 11.3 Å². The maximum atomic E-state index is 5.73. The first-order valence-corrected chi connectivity index (χ1v) is 6.45. The third kappa shape index (κ3) is 3.76. The number of hydrogen-bond acceptors (Lipinski definition) is 5. The third-order valence-electron chi connectivity index (χ3n) is 2.68. The van der Waals surface area contributed by atoms with E-state index in [0.29, 0.717) is 12.5 Å². The molecule has 0 fully saturated rings. The van der Waals surface area contributed by atoms with Crippen molar-refractivity contribution >= 4 is 0 Å². The van der Waals surface area contributed by atoms with Crippen LogP contribution in [-0.2, 0) is 9.47 Å². The van der Waals surface area contributed by atoms with Gasteiger partial charge in [0, 0.05) is 13.2 Å². The van der Waals surface area contributed by atoms with Gasteiger partial charge in [-0.25, -0.2) is 9.97 Å². The molecular formula is C15H18N2O3. The summed E-state index contributed by atoms with van der Waals surface area (Å²) >= 11 is 0. The maximum absolute atomic E-state index is 5.73. The van der Waals surface area contributed by atoms with Gasteiger partial charge in [-0.2, -0.15) is 0 Å². The van der Waals surface area contributed by atoms with Crippen molar-refractivity contribution in [2.24, 2.45) is 0 Å². The van der Waals surface area contributed by atoms with Gasteiger partial charge in [0.05, 0.1) is 12.3 Å². The summed E-state index contributed by atoms with van der Waals surface area (Å²) in [5.41, 5.74) is 1.75. The summed E-state index contributed by atoms with van der Waals surface area (Å²) < 4.78 is 16.1. The van der Waals surface area contributed by atoms with Crippen LogP contribution < -0.4 is 4.74 Å². The molecule has 1 unspecified atom stereocenters. The predicted octanol–water partition coefficient (Wildman–Crippen LogP) is 2.59. The normalized spacial score (nSPS) is 12.1. The zero-order valence-electron chi connectivity index (χ0n) is 11.7. The van der Waals surface area contributed by atoms with Gasteiger partial charge in [0.1, 0.15) is 19.2 Å². The molecular weight excluding hydrogens is 256 g/mol. The number of aromatic nitrogens is 2.